The molecule has 0 radical (unpaired) electrons. The minimum Gasteiger partial charge on any atom is -0.394 e. The zero-order valence-corrected chi connectivity index (χ0v) is 10.7. The molecule has 1 aromatic carbocycles. The van der Waals surface area contributed by atoms with E-state index in [1.54, 1.807) is 11.8 Å². The summed E-state index contributed by atoms with van der Waals surface area (Å²) in [6.07, 6.45) is 0.754. The van der Waals surface area contributed by atoms with Crippen molar-refractivity contribution >= 4 is 17.7 Å². The SMILES string of the molecule is CCC(CO)NC(=O)C1CSc2ccccc21. The van der Waals surface area contributed by atoms with Crippen molar-refractivity contribution in [3.8, 4) is 0 Å². The highest BCUT2D eigenvalue weighted by molar-refractivity contribution is 7.99. The lowest BCUT2D eigenvalue weighted by molar-refractivity contribution is -0.123. The van der Waals surface area contributed by atoms with Gasteiger partial charge in [-0.05, 0) is 18.1 Å². The van der Waals surface area contributed by atoms with E-state index in [0.717, 1.165) is 17.7 Å². The Kier molecular flexibility index (Phi) is 4.07. The molecule has 0 aromatic heterocycles. The molecule has 0 fully saturated rings. The summed E-state index contributed by atoms with van der Waals surface area (Å²) < 4.78 is 0. The lowest BCUT2D eigenvalue weighted by atomic mass is 10.00. The second-order valence-corrected chi connectivity index (χ2v) is 5.26. The summed E-state index contributed by atoms with van der Waals surface area (Å²) >= 11 is 1.72. The Balaban J connectivity index is 2.07. The van der Waals surface area contributed by atoms with E-state index in [9.17, 15) is 4.79 Å². The first-order chi connectivity index (χ1) is 8.26. The van der Waals surface area contributed by atoms with Crippen molar-refractivity contribution in [3.05, 3.63) is 29.8 Å². The Bertz CT molecular complexity index is 404. The summed E-state index contributed by atoms with van der Waals surface area (Å²) in [4.78, 5) is 13.3. The third-order valence-electron chi connectivity index (χ3n) is 3.08. The van der Waals surface area contributed by atoms with Gasteiger partial charge >= 0.3 is 0 Å². The molecule has 2 rings (SSSR count). The highest BCUT2D eigenvalue weighted by atomic mass is 32.2. The number of nitrogens with one attached hydrogen (secondary N) is 1. The molecule has 2 atom stereocenters. The van der Waals surface area contributed by atoms with Gasteiger partial charge in [0.15, 0.2) is 0 Å². The smallest absolute Gasteiger partial charge is 0.228 e. The van der Waals surface area contributed by atoms with Crippen LogP contribution in [0.1, 0.15) is 24.8 Å². The molecule has 1 amide bonds. The summed E-state index contributed by atoms with van der Waals surface area (Å²) in [5.41, 5.74) is 1.11. The van der Waals surface area contributed by atoms with Crippen LogP contribution >= 0.6 is 11.8 Å². The van der Waals surface area contributed by atoms with Crippen molar-refractivity contribution in [3.63, 3.8) is 0 Å². The molecule has 0 bridgehead atoms. The number of amides is 1. The van der Waals surface area contributed by atoms with Crippen LogP contribution in [0.4, 0.5) is 0 Å². The Morgan fingerprint density at radius 1 is 1.59 bits per heavy atom. The van der Waals surface area contributed by atoms with Crippen LogP contribution in [0.3, 0.4) is 0 Å². The second-order valence-electron chi connectivity index (χ2n) is 4.20. The molecular formula is C13H17NO2S. The minimum atomic E-state index is -0.125. The maximum atomic E-state index is 12.1. The topological polar surface area (TPSA) is 49.3 Å². The van der Waals surface area contributed by atoms with Gasteiger partial charge in [-0.2, -0.15) is 0 Å². The van der Waals surface area contributed by atoms with E-state index in [1.165, 1.54) is 4.90 Å². The minimum absolute atomic E-state index is 0.00372. The summed E-state index contributed by atoms with van der Waals surface area (Å²) in [7, 11) is 0. The van der Waals surface area contributed by atoms with E-state index in [-0.39, 0.29) is 24.5 Å². The number of aliphatic hydroxyl groups is 1. The third-order valence-corrected chi connectivity index (χ3v) is 4.26. The van der Waals surface area contributed by atoms with Gasteiger partial charge in [-0.15, -0.1) is 11.8 Å². The maximum Gasteiger partial charge on any atom is 0.228 e. The average molecular weight is 251 g/mol. The summed E-state index contributed by atoms with van der Waals surface area (Å²) in [6, 6.07) is 7.90. The van der Waals surface area contributed by atoms with Crippen LogP contribution in [0.15, 0.2) is 29.2 Å². The van der Waals surface area contributed by atoms with E-state index in [1.807, 2.05) is 25.1 Å². The normalized spacial score (nSPS) is 19.8. The molecule has 0 aliphatic carbocycles. The van der Waals surface area contributed by atoms with Gasteiger partial charge in [0.25, 0.3) is 0 Å². The van der Waals surface area contributed by atoms with E-state index < -0.39 is 0 Å². The number of fused-ring (bicyclic) bond motifs is 1. The van der Waals surface area contributed by atoms with Crippen molar-refractivity contribution in [2.24, 2.45) is 0 Å². The summed E-state index contributed by atoms with van der Waals surface area (Å²) in [6.45, 7) is 1.96. The van der Waals surface area contributed by atoms with Gasteiger partial charge in [-0.25, -0.2) is 0 Å². The molecular weight excluding hydrogens is 234 g/mol. The van der Waals surface area contributed by atoms with Gasteiger partial charge in [0.05, 0.1) is 18.6 Å². The van der Waals surface area contributed by atoms with Crippen molar-refractivity contribution in [2.75, 3.05) is 12.4 Å². The molecule has 1 aliphatic heterocycles. The van der Waals surface area contributed by atoms with Crippen molar-refractivity contribution < 1.29 is 9.90 Å². The molecule has 3 nitrogen and oxygen atoms in total. The Hall–Kier alpha value is -1.00. The molecule has 1 aromatic rings. The first kappa shape index (κ1) is 12.5. The third kappa shape index (κ3) is 2.64. The molecule has 0 saturated heterocycles. The van der Waals surface area contributed by atoms with E-state index in [0.29, 0.717) is 0 Å². The van der Waals surface area contributed by atoms with E-state index in [2.05, 4.69) is 11.4 Å². The number of benzene rings is 1. The second kappa shape index (κ2) is 5.56. The van der Waals surface area contributed by atoms with Crippen molar-refractivity contribution in [1.82, 2.24) is 5.32 Å². The zero-order valence-electron chi connectivity index (χ0n) is 9.85. The molecule has 2 N–H and O–H groups in total. The lowest BCUT2D eigenvalue weighted by Crippen LogP contribution is -2.39. The first-order valence-corrected chi connectivity index (χ1v) is 6.87. The fraction of sp³-hybridized carbons (Fsp3) is 0.462. The molecule has 0 saturated carbocycles. The number of carbonyl (C=O) groups excluding carboxylic acids is 1. The predicted octanol–water partition coefficient (Wildman–Crippen LogP) is 1.76. The van der Waals surface area contributed by atoms with E-state index in [4.69, 9.17) is 5.11 Å². The first-order valence-electron chi connectivity index (χ1n) is 5.89. The Labute approximate surface area is 106 Å². The van der Waals surface area contributed by atoms with Gasteiger partial charge in [-0.1, -0.05) is 25.1 Å². The average Bonchev–Trinajstić information content (AvgIpc) is 2.79. The fourth-order valence-electron chi connectivity index (χ4n) is 1.96. The molecule has 1 heterocycles. The molecule has 4 heteroatoms. The fourth-order valence-corrected chi connectivity index (χ4v) is 3.19. The summed E-state index contributed by atoms with van der Waals surface area (Å²) in [5.74, 6) is 0.757. The van der Waals surface area contributed by atoms with Gasteiger partial charge in [0.1, 0.15) is 0 Å². The van der Waals surface area contributed by atoms with Gasteiger partial charge < -0.3 is 10.4 Å². The van der Waals surface area contributed by atoms with Crippen molar-refractivity contribution in [2.45, 2.75) is 30.2 Å². The van der Waals surface area contributed by atoms with Crippen LogP contribution in [0.2, 0.25) is 0 Å². The predicted molar refractivity (Wildman–Crippen MR) is 69.2 cm³/mol. The number of rotatable bonds is 4. The Morgan fingerprint density at radius 2 is 2.35 bits per heavy atom. The van der Waals surface area contributed by atoms with Crippen LogP contribution in [0.5, 0.6) is 0 Å². The quantitative estimate of drug-likeness (QED) is 0.857. The van der Waals surface area contributed by atoms with Gasteiger partial charge in [0, 0.05) is 10.6 Å². The van der Waals surface area contributed by atoms with Gasteiger partial charge in [-0.3, -0.25) is 4.79 Å². The molecule has 2 unspecified atom stereocenters. The van der Waals surface area contributed by atoms with Crippen LogP contribution < -0.4 is 5.32 Å². The lowest BCUT2D eigenvalue weighted by Gasteiger charge is -2.17. The van der Waals surface area contributed by atoms with Crippen LogP contribution in [0, 0.1) is 0 Å². The monoisotopic (exact) mass is 251 g/mol. The van der Waals surface area contributed by atoms with E-state index >= 15 is 0 Å². The van der Waals surface area contributed by atoms with Crippen LogP contribution in [-0.2, 0) is 4.79 Å². The number of aliphatic hydroxyl groups excluding tert-OH is 1. The molecule has 92 valence electrons. The molecule has 0 spiro atoms. The highest BCUT2D eigenvalue weighted by Crippen LogP contribution is 2.39. The Morgan fingerprint density at radius 3 is 3.06 bits per heavy atom. The number of thioether (sulfide) groups is 1. The van der Waals surface area contributed by atoms with Crippen LogP contribution in [-0.4, -0.2) is 29.4 Å². The zero-order chi connectivity index (χ0) is 12.3. The molecule has 1 aliphatic rings. The largest absolute Gasteiger partial charge is 0.394 e. The standard InChI is InChI=1S/C13H17NO2S/c1-2-9(7-15)14-13(16)11-8-17-12-6-4-3-5-10(11)12/h3-6,9,11,15H,2,7-8H2,1H3,(H,14,16). The maximum absolute atomic E-state index is 12.1. The van der Waals surface area contributed by atoms with Crippen LogP contribution in [0.25, 0.3) is 0 Å². The highest BCUT2D eigenvalue weighted by Gasteiger charge is 2.29. The van der Waals surface area contributed by atoms with Gasteiger partial charge in [0.2, 0.25) is 5.91 Å². The number of carbonyl (C=O) groups is 1. The number of hydrogen-bond donors (Lipinski definition) is 2. The summed E-state index contributed by atoms with van der Waals surface area (Å²) in [5, 5.41) is 12.0. The van der Waals surface area contributed by atoms with Crippen molar-refractivity contribution in [1.29, 1.82) is 0 Å². The molecule has 17 heavy (non-hydrogen) atoms. The number of hydrogen-bond acceptors (Lipinski definition) is 3.